The second-order valence-corrected chi connectivity index (χ2v) is 5.20. The van der Waals surface area contributed by atoms with Gasteiger partial charge in [-0.3, -0.25) is 10.1 Å². The van der Waals surface area contributed by atoms with Crippen LogP contribution < -0.4 is 10.6 Å². The molecule has 3 rings (SSSR count). The Morgan fingerprint density at radius 3 is 2.71 bits per heavy atom. The van der Waals surface area contributed by atoms with Crippen LogP contribution in [0, 0.1) is 13.8 Å². The molecule has 0 saturated heterocycles. The summed E-state index contributed by atoms with van der Waals surface area (Å²) in [5.74, 6) is 0.123. The minimum atomic E-state index is -0.273. The Kier molecular flexibility index (Phi) is 3.62. The van der Waals surface area contributed by atoms with Crippen molar-refractivity contribution < 1.29 is 4.79 Å². The van der Waals surface area contributed by atoms with Gasteiger partial charge in [0.2, 0.25) is 11.9 Å². The van der Waals surface area contributed by atoms with Crippen molar-refractivity contribution in [2.24, 2.45) is 0 Å². The Morgan fingerprint density at radius 1 is 1.19 bits per heavy atom. The van der Waals surface area contributed by atoms with Crippen molar-refractivity contribution in [2.75, 3.05) is 5.32 Å². The molecule has 2 N–H and O–H groups in total. The zero-order chi connectivity index (χ0) is 14.8. The fourth-order valence-corrected chi connectivity index (χ4v) is 2.35. The lowest BCUT2D eigenvalue weighted by molar-refractivity contribution is -0.118. The zero-order valence-corrected chi connectivity index (χ0v) is 12.1. The molecule has 2 heterocycles. The number of carbonyl (C=O) groups is 1. The monoisotopic (exact) mass is 283 g/mol. The summed E-state index contributed by atoms with van der Waals surface area (Å²) in [7, 11) is 0. The van der Waals surface area contributed by atoms with Crippen LogP contribution in [0.1, 0.15) is 22.5 Å². The summed E-state index contributed by atoms with van der Waals surface area (Å²) >= 11 is 0. The number of nitrogens with zero attached hydrogens (tertiary/aromatic N) is 3. The third-order valence-corrected chi connectivity index (χ3v) is 3.72. The molecule has 1 atom stereocenters. The van der Waals surface area contributed by atoms with E-state index in [0.29, 0.717) is 13.0 Å². The molecule has 6 nitrogen and oxygen atoms in total. The Balaban J connectivity index is 1.70. The number of fused-ring (bicyclic) bond motifs is 1. The van der Waals surface area contributed by atoms with Gasteiger partial charge in [0, 0.05) is 6.54 Å². The van der Waals surface area contributed by atoms with Gasteiger partial charge in [0.05, 0.1) is 17.4 Å². The molecule has 0 unspecified atom stereocenters. The van der Waals surface area contributed by atoms with Crippen molar-refractivity contribution in [1.82, 2.24) is 20.5 Å². The first-order valence-corrected chi connectivity index (χ1v) is 6.92. The van der Waals surface area contributed by atoms with Gasteiger partial charge in [0.25, 0.3) is 0 Å². The molecule has 108 valence electrons. The summed E-state index contributed by atoms with van der Waals surface area (Å²) in [6.07, 6.45) is 0.667. The number of hydrogen-bond donors (Lipinski definition) is 2. The highest BCUT2D eigenvalue weighted by molar-refractivity contribution is 5.93. The molecule has 0 radical (unpaired) electrons. The molecule has 1 aromatic heterocycles. The summed E-state index contributed by atoms with van der Waals surface area (Å²) in [6.45, 7) is 4.37. The topological polar surface area (TPSA) is 79.8 Å². The van der Waals surface area contributed by atoms with Gasteiger partial charge in [-0.25, -0.2) is 4.98 Å². The quantitative estimate of drug-likeness (QED) is 0.864. The summed E-state index contributed by atoms with van der Waals surface area (Å²) in [5.41, 5.74) is 3.97. The van der Waals surface area contributed by atoms with Crippen LogP contribution in [0.3, 0.4) is 0 Å². The van der Waals surface area contributed by atoms with Gasteiger partial charge in [0.15, 0.2) is 0 Å². The maximum Gasteiger partial charge on any atom is 0.249 e. The highest BCUT2D eigenvalue weighted by Crippen LogP contribution is 2.16. The number of aromatic nitrogens is 3. The van der Waals surface area contributed by atoms with Crippen LogP contribution in [0.4, 0.5) is 5.95 Å². The van der Waals surface area contributed by atoms with Gasteiger partial charge in [-0.05, 0) is 31.4 Å². The van der Waals surface area contributed by atoms with E-state index in [4.69, 9.17) is 0 Å². The van der Waals surface area contributed by atoms with Crippen LogP contribution in [0.2, 0.25) is 0 Å². The third-order valence-electron chi connectivity index (χ3n) is 3.72. The maximum atomic E-state index is 12.3. The molecule has 1 aromatic carbocycles. The van der Waals surface area contributed by atoms with Gasteiger partial charge < -0.3 is 5.32 Å². The number of carbonyl (C=O) groups excluding carboxylic acids is 1. The van der Waals surface area contributed by atoms with Crippen molar-refractivity contribution in [3.63, 3.8) is 0 Å². The highest BCUT2D eigenvalue weighted by atomic mass is 16.2. The van der Waals surface area contributed by atoms with Crippen molar-refractivity contribution in [1.29, 1.82) is 0 Å². The lowest BCUT2D eigenvalue weighted by Crippen LogP contribution is -2.45. The number of rotatable bonds is 2. The van der Waals surface area contributed by atoms with Crippen LogP contribution in [0.25, 0.3) is 0 Å². The van der Waals surface area contributed by atoms with Crippen LogP contribution in [0.5, 0.6) is 0 Å². The van der Waals surface area contributed by atoms with E-state index in [1.54, 1.807) is 0 Å². The van der Waals surface area contributed by atoms with Crippen LogP contribution in [-0.4, -0.2) is 27.1 Å². The summed E-state index contributed by atoms with van der Waals surface area (Å²) in [4.78, 5) is 16.5. The molecule has 1 amide bonds. The SMILES string of the molecule is Cc1nnc(NC(=O)[C@@H]2Cc3ccccc3CN2)nc1C. The molecule has 0 spiro atoms. The van der Waals surface area contributed by atoms with Gasteiger partial charge in [-0.15, -0.1) is 5.10 Å². The second kappa shape index (κ2) is 5.57. The Bertz CT molecular complexity index is 686. The average Bonchev–Trinajstić information content (AvgIpc) is 2.50. The van der Waals surface area contributed by atoms with E-state index in [1.165, 1.54) is 11.1 Å². The number of aryl methyl sites for hydroxylation is 2. The molecular formula is C15H17N5O. The van der Waals surface area contributed by atoms with E-state index < -0.39 is 0 Å². The standard InChI is InChI=1S/C15H17N5O/c1-9-10(2)19-20-15(17-9)18-14(21)13-7-11-5-3-4-6-12(11)8-16-13/h3-6,13,16H,7-8H2,1-2H3,(H,17,18,20,21)/t13-/m0/s1. The predicted molar refractivity (Wildman–Crippen MR) is 78.7 cm³/mol. The first-order chi connectivity index (χ1) is 10.1. The molecule has 6 heteroatoms. The number of anilines is 1. The van der Waals surface area contributed by atoms with Gasteiger partial charge in [-0.1, -0.05) is 24.3 Å². The summed E-state index contributed by atoms with van der Waals surface area (Å²) in [6, 6.07) is 7.87. The smallest absolute Gasteiger partial charge is 0.249 e. The largest absolute Gasteiger partial charge is 0.301 e. The van der Waals surface area contributed by atoms with E-state index in [9.17, 15) is 4.79 Å². The van der Waals surface area contributed by atoms with Gasteiger partial charge >= 0.3 is 0 Å². The fourth-order valence-electron chi connectivity index (χ4n) is 2.35. The van der Waals surface area contributed by atoms with E-state index in [-0.39, 0.29) is 17.9 Å². The summed E-state index contributed by atoms with van der Waals surface area (Å²) < 4.78 is 0. The predicted octanol–water partition coefficient (Wildman–Crippen LogP) is 1.14. The second-order valence-electron chi connectivity index (χ2n) is 5.20. The van der Waals surface area contributed by atoms with Crippen LogP contribution in [0.15, 0.2) is 24.3 Å². The Hall–Kier alpha value is -2.34. The van der Waals surface area contributed by atoms with Crippen LogP contribution >= 0.6 is 0 Å². The van der Waals surface area contributed by atoms with Crippen molar-refractivity contribution in [2.45, 2.75) is 32.9 Å². The number of nitrogens with one attached hydrogen (secondary N) is 2. The van der Waals surface area contributed by atoms with Gasteiger partial charge in [0.1, 0.15) is 0 Å². The van der Waals surface area contributed by atoms with E-state index in [0.717, 1.165) is 11.4 Å². The first kappa shape index (κ1) is 13.6. The minimum Gasteiger partial charge on any atom is -0.301 e. The molecule has 0 aliphatic carbocycles. The fraction of sp³-hybridized carbons (Fsp3) is 0.333. The van der Waals surface area contributed by atoms with Crippen molar-refractivity contribution >= 4 is 11.9 Å². The van der Waals surface area contributed by atoms with Crippen molar-refractivity contribution in [3.05, 3.63) is 46.8 Å². The number of amides is 1. The molecule has 2 aromatic rings. The van der Waals surface area contributed by atoms with Gasteiger partial charge in [-0.2, -0.15) is 5.10 Å². The molecule has 0 fully saturated rings. The first-order valence-electron chi connectivity index (χ1n) is 6.92. The van der Waals surface area contributed by atoms with Crippen molar-refractivity contribution in [3.8, 4) is 0 Å². The van der Waals surface area contributed by atoms with Crippen LogP contribution in [-0.2, 0) is 17.8 Å². The van der Waals surface area contributed by atoms with E-state index in [2.05, 4.69) is 37.9 Å². The molecule has 0 bridgehead atoms. The summed E-state index contributed by atoms with van der Waals surface area (Å²) in [5, 5.41) is 13.8. The highest BCUT2D eigenvalue weighted by Gasteiger charge is 2.24. The molecule has 0 saturated carbocycles. The van der Waals surface area contributed by atoms with E-state index >= 15 is 0 Å². The number of benzene rings is 1. The molecular weight excluding hydrogens is 266 g/mol. The van der Waals surface area contributed by atoms with E-state index in [1.807, 2.05) is 26.0 Å². The lowest BCUT2D eigenvalue weighted by atomic mass is 9.95. The lowest BCUT2D eigenvalue weighted by Gasteiger charge is -2.24. The number of hydrogen-bond acceptors (Lipinski definition) is 5. The molecule has 1 aliphatic heterocycles. The Labute approximate surface area is 123 Å². The third kappa shape index (κ3) is 2.90. The normalized spacial score (nSPS) is 17.1. The Morgan fingerprint density at radius 2 is 1.95 bits per heavy atom. The molecule has 21 heavy (non-hydrogen) atoms. The minimum absolute atomic E-state index is 0.130. The maximum absolute atomic E-state index is 12.3. The average molecular weight is 283 g/mol. The molecule has 1 aliphatic rings. The zero-order valence-electron chi connectivity index (χ0n) is 12.1.